The highest BCUT2D eigenvalue weighted by Gasteiger charge is 2.20. The maximum absolute atomic E-state index is 12.6. The van der Waals surface area contributed by atoms with E-state index in [1.54, 1.807) is 18.2 Å². The molecule has 0 aromatic heterocycles. The molecule has 1 amide bonds. The van der Waals surface area contributed by atoms with Crippen LogP contribution in [0.25, 0.3) is 0 Å². The maximum atomic E-state index is 12.6. The van der Waals surface area contributed by atoms with E-state index >= 15 is 0 Å². The lowest BCUT2D eigenvalue weighted by Gasteiger charge is -2.27. The molecule has 1 aromatic carbocycles. The highest BCUT2D eigenvalue weighted by Crippen LogP contribution is 2.24. The standard InChI is InChI=1S/C15H23ClN2O/c1-10(2)8-18(9-11(3)4)15(19)12-6-5-7-13(17)14(12)16/h5-7,10-11H,8-9,17H2,1-4H3. The fourth-order valence-corrected chi connectivity index (χ4v) is 2.21. The van der Waals surface area contributed by atoms with Gasteiger partial charge in [-0.05, 0) is 24.0 Å². The van der Waals surface area contributed by atoms with E-state index in [1.165, 1.54) is 0 Å². The minimum absolute atomic E-state index is 0.0419. The zero-order chi connectivity index (χ0) is 14.6. The van der Waals surface area contributed by atoms with Crippen molar-refractivity contribution in [3.05, 3.63) is 28.8 Å². The summed E-state index contributed by atoms with van der Waals surface area (Å²) in [6.45, 7) is 9.84. The summed E-state index contributed by atoms with van der Waals surface area (Å²) < 4.78 is 0. The Balaban J connectivity index is 3.01. The van der Waals surface area contributed by atoms with E-state index in [0.29, 0.717) is 28.1 Å². The number of anilines is 1. The lowest BCUT2D eigenvalue weighted by molar-refractivity contribution is 0.0715. The highest BCUT2D eigenvalue weighted by atomic mass is 35.5. The van der Waals surface area contributed by atoms with E-state index in [4.69, 9.17) is 17.3 Å². The van der Waals surface area contributed by atoms with Gasteiger partial charge in [0.1, 0.15) is 0 Å². The number of hydrogen-bond donors (Lipinski definition) is 1. The SMILES string of the molecule is CC(C)CN(CC(C)C)C(=O)c1cccc(N)c1Cl. The Morgan fingerprint density at radius 1 is 1.21 bits per heavy atom. The van der Waals surface area contributed by atoms with Gasteiger partial charge in [0.15, 0.2) is 0 Å². The van der Waals surface area contributed by atoms with Gasteiger partial charge in [0.2, 0.25) is 0 Å². The Bertz CT molecular complexity index is 434. The van der Waals surface area contributed by atoms with Crippen LogP contribution in [0.15, 0.2) is 18.2 Å². The largest absolute Gasteiger partial charge is 0.398 e. The summed E-state index contributed by atoms with van der Waals surface area (Å²) in [5, 5.41) is 0.352. The lowest BCUT2D eigenvalue weighted by atomic mass is 10.1. The van der Waals surface area contributed by atoms with Gasteiger partial charge in [-0.3, -0.25) is 4.79 Å². The monoisotopic (exact) mass is 282 g/mol. The number of carbonyl (C=O) groups excluding carboxylic acids is 1. The van der Waals surface area contributed by atoms with Crippen molar-refractivity contribution >= 4 is 23.2 Å². The number of benzene rings is 1. The van der Waals surface area contributed by atoms with Crippen molar-refractivity contribution in [1.82, 2.24) is 4.90 Å². The summed E-state index contributed by atoms with van der Waals surface area (Å²) in [6.07, 6.45) is 0. The fourth-order valence-electron chi connectivity index (χ4n) is 2.01. The van der Waals surface area contributed by atoms with Crippen LogP contribution in [0, 0.1) is 11.8 Å². The third-order valence-corrected chi connectivity index (χ3v) is 3.14. The Morgan fingerprint density at radius 3 is 2.21 bits per heavy atom. The van der Waals surface area contributed by atoms with Crippen molar-refractivity contribution in [3.63, 3.8) is 0 Å². The Hall–Kier alpha value is -1.22. The number of nitrogen functional groups attached to an aromatic ring is 1. The average molecular weight is 283 g/mol. The first-order chi connectivity index (χ1) is 8.82. The summed E-state index contributed by atoms with van der Waals surface area (Å²) >= 11 is 6.13. The molecule has 106 valence electrons. The quantitative estimate of drug-likeness (QED) is 0.838. The molecular weight excluding hydrogens is 260 g/mol. The molecule has 3 nitrogen and oxygen atoms in total. The number of carbonyl (C=O) groups is 1. The highest BCUT2D eigenvalue weighted by molar-refractivity contribution is 6.36. The first-order valence-corrected chi connectivity index (χ1v) is 7.04. The van der Waals surface area contributed by atoms with E-state index in [2.05, 4.69) is 27.7 Å². The maximum Gasteiger partial charge on any atom is 0.255 e. The van der Waals surface area contributed by atoms with Gasteiger partial charge in [0.25, 0.3) is 5.91 Å². The predicted octanol–water partition coefficient (Wildman–Crippen LogP) is 3.68. The molecule has 0 fully saturated rings. The van der Waals surface area contributed by atoms with Gasteiger partial charge in [-0.2, -0.15) is 0 Å². The Labute approximate surface area is 120 Å². The zero-order valence-electron chi connectivity index (χ0n) is 12.1. The summed E-state index contributed by atoms with van der Waals surface area (Å²) in [5.41, 5.74) is 6.69. The summed E-state index contributed by atoms with van der Waals surface area (Å²) in [6, 6.07) is 5.19. The van der Waals surface area contributed by atoms with Crippen LogP contribution >= 0.6 is 11.6 Å². The fraction of sp³-hybridized carbons (Fsp3) is 0.533. The molecule has 0 aliphatic rings. The van der Waals surface area contributed by atoms with Gasteiger partial charge in [0, 0.05) is 13.1 Å². The van der Waals surface area contributed by atoms with Crippen LogP contribution in [0.3, 0.4) is 0 Å². The van der Waals surface area contributed by atoms with Gasteiger partial charge in [-0.15, -0.1) is 0 Å². The molecule has 2 N–H and O–H groups in total. The summed E-state index contributed by atoms with van der Waals surface area (Å²) in [7, 11) is 0. The van der Waals surface area contributed by atoms with Gasteiger partial charge in [-0.25, -0.2) is 0 Å². The molecule has 0 aliphatic heterocycles. The average Bonchev–Trinajstić information content (AvgIpc) is 2.30. The molecule has 1 aromatic rings. The van der Waals surface area contributed by atoms with Crippen LogP contribution < -0.4 is 5.73 Å². The molecule has 1 rings (SSSR count). The van der Waals surface area contributed by atoms with Crippen molar-refractivity contribution < 1.29 is 4.79 Å². The topological polar surface area (TPSA) is 46.3 Å². The van der Waals surface area contributed by atoms with Crippen LogP contribution in [0.5, 0.6) is 0 Å². The second kappa shape index (κ2) is 6.80. The Morgan fingerprint density at radius 2 is 1.74 bits per heavy atom. The third kappa shape index (κ3) is 4.43. The number of halogens is 1. The minimum Gasteiger partial charge on any atom is -0.398 e. The molecule has 4 heteroatoms. The first kappa shape index (κ1) is 15.8. The van der Waals surface area contributed by atoms with Gasteiger partial charge in [-0.1, -0.05) is 45.4 Å². The number of rotatable bonds is 5. The van der Waals surface area contributed by atoms with Crippen LogP contribution in [0.2, 0.25) is 5.02 Å². The van der Waals surface area contributed by atoms with Crippen molar-refractivity contribution in [2.24, 2.45) is 11.8 Å². The van der Waals surface area contributed by atoms with E-state index < -0.39 is 0 Å². The number of hydrogen-bond acceptors (Lipinski definition) is 2. The van der Waals surface area contributed by atoms with E-state index in [9.17, 15) is 4.79 Å². The molecule has 0 atom stereocenters. The molecule has 0 aliphatic carbocycles. The molecule has 0 bridgehead atoms. The van der Waals surface area contributed by atoms with Crippen molar-refractivity contribution in [1.29, 1.82) is 0 Å². The number of amides is 1. The zero-order valence-corrected chi connectivity index (χ0v) is 12.9. The van der Waals surface area contributed by atoms with Crippen molar-refractivity contribution in [3.8, 4) is 0 Å². The molecular formula is C15H23ClN2O. The van der Waals surface area contributed by atoms with Crippen LogP contribution in [0.4, 0.5) is 5.69 Å². The van der Waals surface area contributed by atoms with Crippen molar-refractivity contribution in [2.45, 2.75) is 27.7 Å². The predicted molar refractivity (Wildman–Crippen MR) is 81.4 cm³/mol. The number of nitrogens with two attached hydrogens (primary N) is 1. The second-order valence-electron chi connectivity index (χ2n) is 5.71. The second-order valence-corrected chi connectivity index (χ2v) is 6.08. The third-order valence-electron chi connectivity index (χ3n) is 2.72. The van der Waals surface area contributed by atoms with Gasteiger partial charge in [0.05, 0.1) is 16.3 Å². The summed E-state index contributed by atoms with van der Waals surface area (Å²) in [4.78, 5) is 14.4. The van der Waals surface area contributed by atoms with E-state index in [0.717, 1.165) is 13.1 Å². The smallest absolute Gasteiger partial charge is 0.255 e. The van der Waals surface area contributed by atoms with E-state index in [1.807, 2.05) is 4.90 Å². The molecule has 0 saturated heterocycles. The van der Waals surface area contributed by atoms with Crippen molar-refractivity contribution in [2.75, 3.05) is 18.8 Å². The molecule has 0 unspecified atom stereocenters. The molecule has 0 saturated carbocycles. The molecule has 19 heavy (non-hydrogen) atoms. The lowest BCUT2D eigenvalue weighted by Crippen LogP contribution is -2.37. The van der Waals surface area contributed by atoms with Crippen LogP contribution in [0.1, 0.15) is 38.1 Å². The van der Waals surface area contributed by atoms with Crippen LogP contribution in [-0.4, -0.2) is 23.9 Å². The van der Waals surface area contributed by atoms with Gasteiger partial charge >= 0.3 is 0 Å². The summed E-state index contributed by atoms with van der Waals surface area (Å²) in [5.74, 6) is 0.796. The minimum atomic E-state index is -0.0419. The van der Waals surface area contributed by atoms with E-state index in [-0.39, 0.29) is 5.91 Å². The van der Waals surface area contributed by atoms with Gasteiger partial charge < -0.3 is 10.6 Å². The first-order valence-electron chi connectivity index (χ1n) is 6.66. The van der Waals surface area contributed by atoms with Crippen LogP contribution in [-0.2, 0) is 0 Å². The molecule has 0 spiro atoms. The molecule has 0 heterocycles. The Kier molecular flexibility index (Phi) is 5.67. The molecule has 0 radical (unpaired) electrons. The normalized spacial score (nSPS) is 11.1. The number of nitrogens with zero attached hydrogens (tertiary/aromatic N) is 1.